The van der Waals surface area contributed by atoms with Crippen molar-refractivity contribution in [1.82, 2.24) is 4.98 Å². The van der Waals surface area contributed by atoms with Crippen molar-refractivity contribution in [2.45, 2.75) is 26.1 Å². The number of nitrogens with zero attached hydrogens (tertiary/aromatic N) is 2. The molecule has 29 heavy (non-hydrogen) atoms. The van der Waals surface area contributed by atoms with E-state index in [1.807, 2.05) is 61.7 Å². The van der Waals surface area contributed by atoms with Gasteiger partial charge in [-0.3, -0.25) is 4.79 Å². The highest BCUT2D eigenvalue weighted by atomic mass is 16.5. The molecule has 1 atom stereocenters. The van der Waals surface area contributed by atoms with Crippen molar-refractivity contribution in [3.63, 3.8) is 0 Å². The second-order valence-corrected chi connectivity index (χ2v) is 7.36. The minimum atomic E-state index is -0.0615. The summed E-state index contributed by atoms with van der Waals surface area (Å²) in [6.07, 6.45) is 3.63. The second kappa shape index (κ2) is 8.45. The number of aromatic nitrogens is 1. The summed E-state index contributed by atoms with van der Waals surface area (Å²) in [4.78, 5) is 17.9. The number of anilines is 1. The molecule has 0 aliphatic carbocycles. The molecule has 2 heterocycles. The van der Waals surface area contributed by atoms with E-state index in [1.54, 1.807) is 6.07 Å². The van der Waals surface area contributed by atoms with E-state index >= 15 is 0 Å². The van der Waals surface area contributed by atoms with Gasteiger partial charge in [-0.15, -0.1) is 0 Å². The lowest BCUT2D eigenvalue weighted by Gasteiger charge is -2.22. The summed E-state index contributed by atoms with van der Waals surface area (Å²) in [5.74, 6) is 0.644. The Morgan fingerprint density at radius 2 is 2.07 bits per heavy atom. The minimum Gasteiger partial charge on any atom is -0.472 e. The number of hydrogen-bond donors (Lipinski definition) is 1. The van der Waals surface area contributed by atoms with Crippen LogP contribution in [-0.4, -0.2) is 35.6 Å². The third kappa shape index (κ3) is 4.15. The second-order valence-electron chi connectivity index (χ2n) is 7.36. The first-order chi connectivity index (χ1) is 14.2. The van der Waals surface area contributed by atoms with Crippen molar-refractivity contribution in [3.05, 3.63) is 77.5 Å². The Bertz CT molecular complexity index is 1000. The third-order valence-electron chi connectivity index (χ3n) is 5.31. The summed E-state index contributed by atoms with van der Waals surface area (Å²) >= 11 is 0. The Balaban J connectivity index is 1.53. The van der Waals surface area contributed by atoms with Gasteiger partial charge in [0.1, 0.15) is 6.10 Å². The molecule has 1 fully saturated rings. The first kappa shape index (κ1) is 19.2. The fourth-order valence-electron chi connectivity index (χ4n) is 3.79. The number of ether oxygens (including phenoxy) is 1. The average Bonchev–Trinajstić information content (AvgIpc) is 3.23. The van der Waals surface area contributed by atoms with E-state index in [-0.39, 0.29) is 12.7 Å². The van der Waals surface area contributed by atoms with Gasteiger partial charge in [-0.2, -0.15) is 0 Å². The lowest BCUT2D eigenvalue weighted by Crippen LogP contribution is -2.25. The fourth-order valence-corrected chi connectivity index (χ4v) is 3.79. The Kier molecular flexibility index (Phi) is 5.58. The Morgan fingerprint density at radius 1 is 1.21 bits per heavy atom. The molecule has 2 aromatic carbocycles. The SMILES string of the molecule is Cc1ccc(OC2CCN(c3ccc(-c4ccccc4C=O)cc3CO)C2)nc1. The molecule has 1 aliphatic heterocycles. The summed E-state index contributed by atoms with van der Waals surface area (Å²) in [5, 5.41) is 9.97. The van der Waals surface area contributed by atoms with E-state index < -0.39 is 0 Å². The van der Waals surface area contributed by atoms with E-state index in [9.17, 15) is 9.90 Å². The molecule has 1 aromatic heterocycles. The Labute approximate surface area is 170 Å². The van der Waals surface area contributed by atoms with Crippen LogP contribution in [0.15, 0.2) is 60.8 Å². The zero-order chi connectivity index (χ0) is 20.2. The molecule has 1 aliphatic rings. The number of carbonyl (C=O) groups excluding carboxylic acids is 1. The van der Waals surface area contributed by atoms with Crippen molar-refractivity contribution < 1.29 is 14.6 Å². The molecule has 5 nitrogen and oxygen atoms in total. The molecule has 4 rings (SSSR count). The standard InChI is InChI=1S/C24H24N2O3/c1-17-6-9-24(25-13-17)29-21-10-11-26(14-21)23-8-7-18(12-20(23)16-28)22-5-3-2-4-19(22)15-27/h2-9,12-13,15,21,28H,10-11,14,16H2,1H3. The van der Waals surface area contributed by atoms with Gasteiger partial charge in [0, 0.05) is 42.0 Å². The van der Waals surface area contributed by atoms with Crippen LogP contribution in [0, 0.1) is 6.92 Å². The molecule has 148 valence electrons. The minimum absolute atomic E-state index is 0.0615. The third-order valence-corrected chi connectivity index (χ3v) is 5.31. The number of aldehydes is 1. The fraction of sp³-hybridized carbons (Fsp3) is 0.250. The number of benzene rings is 2. The maximum atomic E-state index is 11.4. The van der Waals surface area contributed by atoms with E-state index in [4.69, 9.17) is 4.74 Å². The normalized spacial score (nSPS) is 16.1. The predicted molar refractivity (Wildman–Crippen MR) is 113 cm³/mol. The first-order valence-corrected chi connectivity index (χ1v) is 9.80. The van der Waals surface area contributed by atoms with Gasteiger partial charge in [-0.1, -0.05) is 36.4 Å². The number of hydrogen-bond acceptors (Lipinski definition) is 5. The number of pyridine rings is 1. The van der Waals surface area contributed by atoms with Crippen molar-refractivity contribution in [2.75, 3.05) is 18.0 Å². The lowest BCUT2D eigenvalue weighted by molar-refractivity contribution is 0.112. The van der Waals surface area contributed by atoms with Gasteiger partial charge < -0.3 is 14.7 Å². The van der Waals surface area contributed by atoms with Crippen LogP contribution in [0.5, 0.6) is 5.88 Å². The zero-order valence-corrected chi connectivity index (χ0v) is 16.4. The number of rotatable bonds is 6. The number of aryl methyl sites for hydroxylation is 1. The van der Waals surface area contributed by atoms with Crippen molar-refractivity contribution in [3.8, 4) is 17.0 Å². The van der Waals surface area contributed by atoms with E-state index in [2.05, 4.69) is 9.88 Å². The summed E-state index contributed by atoms with van der Waals surface area (Å²) in [6.45, 7) is 3.54. The van der Waals surface area contributed by atoms with Crippen molar-refractivity contribution in [2.24, 2.45) is 0 Å². The van der Waals surface area contributed by atoms with E-state index in [0.29, 0.717) is 11.4 Å². The average molecular weight is 388 g/mol. The summed E-state index contributed by atoms with van der Waals surface area (Å²) in [5.41, 5.74) is 5.40. The largest absolute Gasteiger partial charge is 0.472 e. The molecule has 0 amide bonds. The van der Waals surface area contributed by atoms with Crippen LogP contribution < -0.4 is 9.64 Å². The Hall–Kier alpha value is -3.18. The molecule has 3 aromatic rings. The van der Waals surface area contributed by atoms with Crippen molar-refractivity contribution in [1.29, 1.82) is 0 Å². The summed E-state index contributed by atoms with van der Waals surface area (Å²) < 4.78 is 6.02. The smallest absolute Gasteiger partial charge is 0.213 e. The van der Waals surface area contributed by atoms with Crippen LogP contribution in [0.4, 0.5) is 5.69 Å². The highest BCUT2D eigenvalue weighted by Gasteiger charge is 2.26. The van der Waals surface area contributed by atoms with Crippen molar-refractivity contribution >= 4 is 12.0 Å². The van der Waals surface area contributed by atoms with Gasteiger partial charge in [0.15, 0.2) is 6.29 Å². The summed E-state index contributed by atoms with van der Waals surface area (Å²) in [6, 6.07) is 17.4. The molecule has 0 bridgehead atoms. The quantitative estimate of drug-likeness (QED) is 0.646. The van der Waals surface area contributed by atoms with Crippen LogP contribution in [0.25, 0.3) is 11.1 Å². The molecule has 0 spiro atoms. The molecular weight excluding hydrogens is 364 g/mol. The van der Waals surface area contributed by atoms with Crippen LogP contribution in [0.3, 0.4) is 0 Å². The molecule has 5 heteroatoms. The maximum absolute atomic E-state index is 11.4. The Morgan fingerprint density at radius 3 is 2.83 bits per heavy atom. The number of aliphatic hydroxyl groups is 1. The molecular formula is C24H24N2O3. The highest BCUT2D eigenvalue weighted by Crippen LogP contribution is 2.31. The van der Waals surface area contributed by atoms with Gasteiger partial charge in [-0.05, 0) is 35.7 Å². The van der Waals surface area contributed by atoms with Gasteiger partial charge >= 0.3 is 0 Å². The maximum Gasteiger partial charge on any atom is 0.213 e. The zero-order valence-electron chi connectivity index (χ0n) is 16.4. The summed E-state index contributed by atoms with van der Waals surface area (Å²) in [7, 11) is 0. The van der Waals surface area contributed by atoms with Gasteiger partial charge in [0.2, 0.25) is 5.88 Å². The molecule has 1 saturated heterocycles. The van der Waals surface area contributed by atoms with Gasteiger partial charge in [0.25, 0.3) is 0 Å². The van der Waals surface area contributed by atoms with E-state index in [0.717, 1.165) is 53.7 Å². The van der Waals surface area contributed by atoms with Crippen LogP contribution in [0.1, 0.15) is 27.9 Å². The first-order valence-electron chi connectivity index (χ1n) is 9.80. The van der Waals surface area contributed by atoms with Crippen LogP contribution >= 0.6 is 0 Å². The monoisotopic (exact) mass is 388 g/mol. The van der Waals surface area contributed by atoms with E-state index in [1.165, 1.54) is 0 Å². The van der Waals surface area contributed by atoms with Crippen LogP contribution in [0.2, 0.25) is 0 Å². The number of carbonyl (C=O) groups is 1. The van der Waals surface area contributed by atoms with Gasteiger partial charge in [-0.25, -0.2) is 4.98 Å². The molecule has 1 N–H and O–H groups in total. The molecule has 1 unspecified atom stereocenters. The number of aliphatic hydroxyl groups excluding tert-OH is 1. The lowest BCUT2D eigenvalue weighted by atomic mass is 9.98. The molecule has 0 saturated carbocycles. The predicted octanol–water partition coefficient (Wildman–Crippen LogP) is 4.02. The molecule has 0 radical (unpaired) electrons. The van der Waals surface area contributed by atoms with Gasteiger partial charge in [0.05, 0.1) is 13.2 Å². The highest BCUT2D eigenvalue weighted by molar-refractivity contribution is 5.88. The topological polar surface area (TPSA) is 62.7 Å². The van der Waals surface area contributed by atoms with Crippen LogP contribution in [-0.2, 0) is 6.61 Å².